The number of nitrogens with zero attached hydrogens (tertiary/aromatic N) is 5. The topological polar surface area (TPSA) is 80.6 Å². The van der Waals surface area contributed by atoms with E-state index < -0.39 is 0 Å². The lowest BCUT2D eigenvalue weighted by molar-refractivity contribution is -0.116. The number of amides is 1. The van der Waals surface area contributed by atoms with Gasteiger partial charge in [0.25, 0.3) is 5.91 Å². The molecule has 1 fully saturated rings. The van der Waals surface area contributed by atoms with Crippen LogP contribution in [0, 0.1) is 0 Å². The number of hydrogen-bond donors (Lipinski definition) is 0. The zero-order chi connectivity index (χ0) is 15.6. The Morgan fingerprint density at radius 1 is 1.35 bits per heavy atom. The minimum absolute atomic E-state index is 0.0679. The van der Waals surface area contributed by atoms with Gasteiger partial charge in [-0.25, -0.2) is 0 Å². The molecule has 1 atom stereocenters. The minimum Gasteiger partial charge on any atom is -0.378 e. The quantitative estimate of drug-likeness (QED) is 0.859. The highest BCUT2D eigenvalue weighted by molar-refractivity contribution is 7.18. The predicted octanol–water partition coefficient (Wildman–Crippen LogP) is 2.26. The summed E-state index contributed by atoms with van der Waals surface area (Å²) in [6, 6.07) is 5.60. The molecule has 0 bridgehead atoms. The second-order valence-electron chi connectivity index (χ2n) is 5.49. The van der Waals surface area contributed by atoms with Crippen molar-refractivity contribution in [1.29, 1.82) is 0 Å². The molecule has 2 aromatic rings. The average molecular weight is 329 g/mol. The molecule has 23 heavy (non-hydrogen) atoms. The van der Waals surface area contributed by atoms with Crippen molar-refractivity contribution in [1.82, 2.24) is 15.2 Å². The molecule has 2 aliphatic rings. The first kappa shape index (κ1) is 14.4. The molecule has 0 spiro atoms. The molecule has 4 rings (SSSR count). The van der Waals surface area contributed by atoms with Gasteiger partial charge in [-0.1, -0.05) is 17.4 Å². The van der Waals surface area contributed by atoms with Gasteiger partial charge in [-0.3, -0.25) is 9.78 Å². The van der Waals surface area contributed by atoms with E-state index in [1.54, 1.807) is 6.20 Å². The summed E-state index contributed by atoms with van der Waals surface area (Å²) in [6.07, 6.45) is 5.07. The summed E-state index contributed by atoms with van der Waals surface area (Å²) in [5.74, 6) is -0.0679. The van der Waals surface area contributed by atoms with Gasteiger partial charge in [0.15, 0.2) is 5.01 Å². The standard InChI is InChI=1S/C15H15N5O2S/c21-13-9-10(8-11-4-3-7-22-11)19-20(13)15-18-17-14(23-15)12-5-1-2-6-16-12/h1-2,5-6,11H,3-4,7-9H2. The minimum atomic E-state index is -0.0679. The van der Waals surface area contributed by atoms with E-state index >= 15 is 0 Å². The van der Waals surface area contributed by atoms with E-state index in [-0.39, 0.29) is 12.0 Å². The van der Waals surface area contributed by atoms with Crippen LogP contribution >= 0.6 is 11.3 Å². The normalized spacial score (nSPS) is 21.0. The summed E-state index contributed by atoms with van der Waals surface area (Å²) in [7, 11) is 0. The van der Waals surface area contributed by atoms with Gasteiger partial charge in [0.2, 0.25) is 5.13 Å². The van der Waals surface area contributed by atoms with Crippen LogP contribution < -0.4 is 5.01 Å². The summed E-state index contributed by atoms with van der Waals surface area (Å²) in [6.45, 7) is 0.805. The van der Waals surface area contributed by atoms with E-state index in [9.17, 15) is 4.79 Å². The second kappa shape index (κ2) is 6.13. The molecule has 0 radical (unpaired) electrons. The molecule has 4 heterocycles. The van der Waals surface area contributed by atoms with E-state index in [4.69, 9.17) is 4.74 Å². The number of aromatic nitrogens is 3. The van der Waals surface area contributed by atoms with E-state index in [1.807, 2.05) is 18.2 Å². The highest BCUT2D eigenvalue weighted by atomic mass is 32.1. The average Bonchev–Trinajstić information content (AvgIpc) is 3.30. The first-order chi connectivity index (χ1) is 11.3. The Bertz CT molecular complexity index is 739. The Balaban J connectivity index is 1.52. The summed E-state index contributed by atoms with van der Waals surface area (Å²) in [5, 5.41) is 15.1. The third-order valence-corrected chi connectivity index (χ3v) is 4.72. The molecule has 0 saturated carbocycles. The third kappa shape index (κ3) is 2.99. The fourth-order valence-electron chi connectivity index (χ4n) is 2.71. The Hall–Kier alpha value is -2.19. The van der Waals surface area contributed by atoms with Gasteiger partial charge in [0, 0.05) is 19.2 Å². The number of carbonyl (C=O) groups is 1. The molecule has 7 nitrogen and oxygen atoms in total. The van der Waals surface area contributed by atoms with E-state index in [2.05, 4.69) is 20.3 Å². The van der Waals surface area contributed by atoms with Gasteiger partial charge in [-0.15, -0.1) is 10.2 Å². The SMILES string of the molecule is O=C1CC(CC2CCCO2)=NN1c1nnc(-c2ccccn2)s1. The van der Waals surface area contributed by atoms with Crippen molar-refractivity contribution < 1.29 is 9.53 Å². The summed E-state index contributed by atoms with van der Waals surface area (Å²) >= 11 is 1.31. The molecule has 1 amide bonds. The maximum Gasteiger partial charge on any atom is 0.255 e. The van der Waals surface area contributed by atoms with E-state index in [1.165, 1.54) is 16.3 Å². The number of ether oxygens (including phenoxy) is 1. The lowest BCUT2D eigenvalue weighted by Gasteiger charge is -2.07. The van der Waals surface area contributed by atoms with Crippen LogP contribution in [0.3, 0.4) is 0 Å². The molecule has 0 N–H and O–H groups in total. The lowest BCUT2D eigenvalue weighted by Crippen LogP contribution is -2.19. The number of pyridine rings is 1. The highest BCUT2D eigenvalue weighted by Gasteiger charge is 2.30. The van der Waals surface area contributed by atoms with Crippen molar-refractivity contribution >= 4 is 28.1 Å². The van der Waals surface area contributed by atoms with Gasteiger partial charge in [0.05, 0.1) is 18.2 Å². The van der Waals surface area contributed by atoms with Gasteiger partial charge in [-0.2, -0.15) is 10.1 Å². The Morgan fingerprint density at radius 3 is 3.09 bits per heavy atom. The van der Waals surface area contributed by atoms with Crippen LogP contribution in [-0.2, 0) is 9.53 Å². The first-order valence-electron chi connectivity index (χ1n) is 7.55. The van der Waals surface area contributed by atoms with Crippen molar-refractivity contribution in [3.63, 3.8) is 0 Å². The number of hydrazone groups is 1. The number of carbonyl (C=O) groups excluding carboxylic acids is 1. The van der Waals surface area contributed by atoms with Crippen molar-refractivity contribution in [3.05, 3.63) is 24.4 Å². The molecular weight excluding hydrogens is 314 g/mol. The van der Waals surface area contributed by atoms with Gasteiger partial charge < -0.3 is 4.74 Å². The van der Waals surface area contributed by atoms with E-state index in [0.717, 1.165) is 30.9 Å². The molecule has 118 valence electrons. The van der Waals surface area contributed by atoms with Crippen LogP contribution in [0.4, 0.5) is 5.13 Å². The molecule has 8 heteroatoms. The Kier molecular flexibility index (Phi) is 3.84. The Morgan fingerprint density at radius 2 is 2.30 bits per heavy atom. The van der Waals surface area contributed by atoms with Gasteiger partial charge >= 0.3 is 0 Å². The number of anilines is 1. The monoisotopic (exact) mass is 329 g/mol. The Labute approximate surface area is 137 Å². The molecule has 1 saturated heterocycles. The summed E-state index contributed by atoms with van der Waals surface area (Å²) in [5.41, 5.74) is 1.60. The highest BCUT2D eigenvalue weighted by Crippen LogP contribution is 2.30. The van der Waals surface area contributed by atoms with Crippen molar-refractivity contribution in [3.8, 4) is 10.7 Å². The van der Waals surface area contributed by atoms with Crippen molar-refractivity contribution in [2.24, 2.45) is 5.10 Å². The van der Waals surface area contributed by atoms with Crippen LogP contribution in [-0.4, -0.2) is 39.5 Å². The molecule has 0 aliphatic carbocycles. The molecule has 0 aromatic carbocycles. The first-order valence-corrected chi connectivity index (χ1v) is 8.37. The lowest BCUT2D eigenvalue weighted by atomic mass is 10.1. The largest absolute Gasteiger partial charge is 0.378 e. The van der Waals surface area contributed by atoms with Crippen molar-refractivity contribution in [2.75, 3.05) is 11.6 Å². The van der Waals surface area contributed by atoms with Crippen LogP contribution in [0.5, 0.6) is 0 Å². The van der Waals surface area contributed by atoms with Gasteiger partial charge in [0.1, 0.15) is 5.69 Å². The maximum absolute atomic E-state index is 12.2. The summed E-state index contributed by atoms with van der Waals surface area (Å²) in [4.78, 5) is 16.4. The second-order valence-corrected chi connectivity index (χ2v) is 6.45. The molecule has 2 aliphatic heterocycles. The van der Waals surface area contributed by atoms with Crippen LogP contribution in [0.25, 0.3) is 10.7 Å². The zero-order valence-corrected chi connectivity index (χ0v) is 13.2. The fourth-order valence-corrected chi connectivity index (χ4v) is 3.50. The third-order valence-electron chi connectivity index (χ3n) is 3.80. The van der Waals surface area contributed by atoms with Crippen LogP contribution in [0.2, 0.25) is 0 Å². The number of rotatable bonds is 4. The van der Waals surface area contributed by atoms with E-state index in [0.29, 0.717) is 23.0 Å². The molecule has 2 aromatic heterocycles. The smallest absolute Gasteiger partial charge is 0.255 e. The molecule has 1 unspecified atom stereocenters. The zero-order valence-electron chi connectivity index (χ0n) is 12.4. The maximum atomic E-state index is 12.2. The fraction of sp³-hybridized carbons (Fsp3) is 0.400. The number of hydrogen-bond acceptors (Lipinski definition) is 7. The van der Waals surface area contributed by atoms with Crippen LogP contribution in [0.15, 0.2) is 29.5 Å². The predicted molar refractivity (Wildman–Crippen MR) is 86.3 cm³/mol. The van der Waals surface area contributed by atoms with Crippen molar-refractivity contribution in [2.45, 2.75) is 31.8 Å². The molecular formula is C15H15N5O2S. The van der Waals surface area contributed by atoms with Gasteiger partial charge in [-0.05, 0) is 25.0 Å². The van der Waals surface area contributed by atoms with Crippen LogP contribution in [0.1, 0.15) is 25.7 Å². The summed E-state index contributed by atoms with van der Waals surface area (Å²) < 4.78 is 5.61.